The summed E-state index contributed by atoms with van der Waals surface area (Å²) in [6.07, 6.45) is 6.66. The average molecular weight is 253 g/mol. The van der Waals surface area contributed by atoms with Crippen molar-refractivity contribution in [1.82, 2.24) is 10.2 Å². The Morgan fingerprint density at radius 2 is 2.11 bits per heavy atom. The van der Waals surface area contributed by atoms with E-state index in [1.807, 2.05) is 0 Å². The smallest absolute Gasteiger partial charge is 0.223 e. The van der Waals surface area contributed by atoms with E-state index in [2.05, 4.69) is 24.2 Å². The third-order valence-electron chi connectivity index (χ3n) is 4.48. The number of nitrogens with one attached hydrogen (secondary N) is 1. The van der Waals surface area contributed by atoms with Crippen molar-refractivity contribution in [3.63, 3.8) is 0 Å². The van der Waals surface area contributed by atoms with Crippen molar-refractivity contribution in [2.24, 2.45) is 11.7 Å². The van der Waals surface area contributed by atoms with Gasteiger partial charge in [0.1, 0.15) is 0 Å². The standard InChI is InChI=1S/C14H27N3O/c1-10(17(2)13-6-7-13)9-16-14(18)11-4-3-5-12(15)8-11/h10-13H,3-9,15H2,1-2H3,(H,16,18). The maximum atomic E-state index is 12.1. The quantitative estimate of drug-likeness (QED) is 0.771. The highest BCUT2D eigenvalue weighted by molar-refractivity contribution is 5.78. The van der Waals surface area contributed by atoms with Crippen molar-refractivity contribution in [2.45, 2.75) is 63.6 Å². The zero-order chi connectivity index (χ0) is 13.1. The van der Waals surface area contributed by atoms with Crippen LogP contribution in [-0.2, 0) is 4.79 Å². The van der Waals surface area contributed by atoms with E-state index in [0.717, 1.165) is 38.3 Å². The number of likely N-dealkylation sites (N-methyl/N-ethyl adjacent to an activating group) is 1. The van der Waals surface area contributed by atoms with E-state index in [9.17, 15) is 4.79 Å². The van der Waals surface area contributed by atoms with Gasteiger partial charge >= 0.3 is 0 Å². The van der Waals surface area contributed by atoms with E-state index in [1.54, 1.807) is 0 Å². The van der Waals surface area contributed by atoms with Crippen LogP contribution in [0.3, 0.4) is 0 Å². The number of nitrogens with two attached hydrogens (primary N) is 1. The Bertz CT molecular complexity index is 291. The second kappa shape index (κ2) is 6.02. The molecule has 2 aliphatic rings. The molecule has 0 spiro atoms. The second-order valence-electron chi connectivity index (χ2n) is 6.11. The van der Waals surface area contributed by atoms with Crippen LogP contribution in [0.25, 0.3) is 0 Å². The highest BCUT2D eigenvalue weighted by atomic mass is 16.1. The van der Waals surface area contributed by atoms with Gasteiger partial charge < -0.3 is 11.1 Å². The van der Waals surface area contributed by atoms with Crippen molar-refractivity contribution < 1.29 is 4.79 Å². The van der Waals surface area contributed by atoms with Crippen LogP contribution >= 0.6 is 0 Å². The molecule has 4 nitrogen and oxygen atoms in total. The zero-order valence-electron chi connectivity index (χ0n) is 11.7. The lowest BCUT2D eigenvalue weighted by Crippen LogP contribution is -2.44. The highest BCUT2D eigenvalue weighted by Crippen LogP contribution is 2.27. The lowest BCUT2D eigenvalue weighted by Gasteiger charge is -2.28. The van der Waals surface area contributed by atoms with Crippen molar-refractivity contribution >= 4 is 5.91 Å². The molecule has 3 unspecified atom stereocenters. The van der Waals surface area contributed by atoms with E-state index < -0.39 is 0 Å². The minimum Gasteiger partial charge on any atom is -0.354 e. The molecule has 4 heteroatoms. The molecule has 0 bridgehead atoms. The molecule has 0 aromatic heterocycles. The summed E-state index contributed by atoms with van der Waals surface area (Å²) < 4.78 is 0. The summed E-state index contributed by atoms with van der Waals surface area (Å²) in [5.41, 5.74) is 5.93. The number of carbonyl (C=O) groups excluding carboxylic acids is 1. The molecule has 0 radical (unpaired) electrons. The number of nitrogens with zero attached hydrogens (tertiary/aromatic N) is 1. The number of hydrogen-bond donors (Lipinski definition) is 2. The molecule has 0 saturated heterocycles. The molecule has 0 aromatic rings. The zero-order valence-corrected chi connectivity index (χ0v) is 11.7. The summed E-state index contributed by atoms with van der Waals surface area (Å²) in [6.45, 7) is 2.95. The first-order valence-electron chi connectivity index (χ1n) is 7.33. The van der Waals surface area contributed by atoms with Crippen LogP contribution in [0.5, 0.6) is 0 Å². The number of hydrogen-bond acceptors (Lipinski definition) is 3. The Labute approximate surface area is 110 Å². The van der Waals surface area contributed by atoms with Crippen LogP contribution in [0.4, 0.5) is 0 Å². The molecule has 2 aliphatic carbocycles. The minimum absolute atomic E-state index is 0.146. The predicted octanol–water partition coefficient (Wildman–Crippen LogP) is 1.10. The number of rotatable bonds is 5. The van der Waals surface area contributed by atoms with Gasteiger partial charge in [0, 0.05) is 30.6 Å². The van der Waals surface area contributed by atoms with E-state index in [4.69, 9.17) is 5.73 Å². The van der Waals surface area contributed by atoms with Gasteiger partial charge in [-0.3, -0.25) is 9.69 Å². The van der Waals surface area contributed by atoms with Crippen LogP contribution in [0, 0.1) is 5.92 Å². The fraction of sp³-hybridized carbons (Fsp3) is 0.929. The van der Waals surface area contributed by atoms with Gasteiger partial charge in [-0.1, -0.05) is 6.42 Å². The van der Waals surface area contributed by atoms with E-state index >= 15 is 0 Å². The molecular formula is C14H27N3O. The molecule has 3 N–H and O–H groups in total. The van der Waals surface area contributed by atoms with Crippen LogP contribution in [0.2, 0.25) is 0 Å². The fourth-order valence-corrected chi connectivity index (χ4v) is 2.84. The van der Waals surface area contributed by atoms with Gasteiger partial charge in [0.05, 0.1) is 0 Å². The summed E-state index contributed by atoms with van der Waals surface area (Å²) in [4.78, 5) is 14.5. The minimum atomic E-state index is 0.146. The number of carbonyl (C=O) groups is 1. The SMILES string of the molecule is CC(CNC(=O)C1CCCC(N)C1)N(C)C1CC1. The van der Waals surface area contributed by atoms with E-state index in [-0.39, 0.29) is 17.9 Å². The Kier molecular flexibility index (Phi) is 4.62. The van der Waals surface area contributed by atoms with E-state index in [0.29, 0.717) is 6.04 Å². The molecule has 18 heavy (non-hydrogen) atoms. The topological polar surface area (TPSA) is 58.4 Å². The van der Waals surface area contributed by atoms with Crippen molar-refractivity contribution in [1.29, 1.82) is 0 Å². The highest BCUT2D eigenvalue weighted by Gasteiger charge is 2.30. The first-order chi connectivity index (χ1) is 8.58. The maximum absolute atomic E-state index is 12.1. The lowest BCUT2D eigenvalue weighted by atomic mass is 9.85. The summed E-state index contributed by atoms with van der Waals surface area (Å²) in [7, 11) is 2.16. The van der Waals surface area contributed by atoms with Crippen molar-refractivity contribution in [2.75, 3.05) is 13.6 Å². The third-order valence-corrected chi connectivity index (χ3v) is 4.48. The lowest BCUT2D eigenvalue weighted by molar-refractivity contribution is -0.126. The van der Waals surface area contributed by atoms with Crippen molar-refractivity contribution in [3.8, 4) is 0 Å². The van der Waals surface area contributed by atoms with Gasteiger partial charge in [-0.2, -0.15) is 0 Å². The van der Waals surface area contributed by atoms with Gasteiger partial charge in [-0.15, -0.1) is 0 Å². The van der Waals surface area contributed by atoms with Gasteiger partial charge in [0.15, 0.2) is 0 Å². The molecule has 1 amide bonds. The fourth-order valence-electron chi connectivity index (χ4n) is 2.84. The second-order valence-corrected chi connectivity index (χ2v) is 6.11. The van der Waals surface area contributed by atoms with E-state index in [1.165, 1.54) is 12.8 Å². The average Bonchev–Trinajstić information content (AvgIpc) is 3.18. The molecule has 3 atom stereocenters. The van der Waals surface area contributed by atoms with Crippen LogP contribution in [-0.4, -0.2) is 42.5 Å². The Balaban J connectivity index is 1.70. The van der Waals surface area contributed by atoms with Crippen LogP contribution < -0.4 is 11.1 Å². The van der Waals surface area contributed by atoms with Gasteiger partial charge in [0.25, 0.3) is 0 Å². The van der Waals surface area contributed by atoms with Crippen molar-refractivity contribution in [3.05, 3.63) is 0 Å². The Morgan fingerprint density at radius 3 is 2.72 bits per heavy atom. The first kappa shape index (κ1) is 13.8. The summed E-state index contributed by atoms with van der Waals surface area (Å²) >= 11 is 0. The molecule has 0 aliphatic heterocycles. The summed E-state index contributed by atoms with van der Waals surface area (Å²) in [5.74, 6) is 0.355. The Hall–Kier alpha value is -0.610. The monoisotopic (exact) mass is 253 g/mol. The molecule has 104 valence electrons. The molecule has 2 rings (SSSR count). The van der Waals surface area contributed by atoms with Crippen LogP contribution in [0.15, 0.2) is 0 Å². The molecule has 2 saturated carbocycles. The first-order valence-corrected chi connectivity index (χ1v) is 7.33. The summed E-state index contributed by atoms with van der Waals surface area (Å²) in [5, 5.41) is 3.10. The summed E-state index contributed by atoms with van der Waals surface area (Å²) in [6, 6.07) is 1.40. The molecule has 0 aromatic carbocycles. The predicted molar refractivity (Wildman–Crippen MR) is 73.2 cm³/mol. The third kappa shape index (κ3) is 3.69. The van der Waals surface area contributed by atoms with Crippen LogP contribution in [0.1, 0.15) is 45.4 Å². The molecular weight excluding hydrogens is 226 g/mol. The molecule has 2 fully saturated rings. The van der Waals surface area contributed by atoms with Gasteiger partial charge in [-0.25, -0.2) is 0 Å². The normalized spacial score (nSPS) is 30.2. The Morgan fingerprint density at radius 1 is 1.39 bits per heavy atom. The number of amides is 1. The van der Waals surface area contributed by atoms with Gasteiger partial charge in [0.2, 0.25) is 5.91 Å². The van der Waals surface area contributed by atoms with Gasteiger partial charge in [-0.05, 0) is 46.1 Å². The molecule has 0 heterocycles. The largest absolute Gasteiger partial charge is 0.354 e. The maximum Gasteiger partial charge on any atom is 0.223 e.